The first-order chi connectivity index (χ1) is 19.2. The summed E-state index contributed by atoms with van der Waals surface area (Å²) in [5, 5.41) is 2.13. The number of rotatable bonds is 4. The number of benzene rings is 4. The van der Waals surface area contributed by atoms with Crippen molar-refractivity contribution in [3.05, 3.63) is 132 Å². The molecule has 39 heavy (non-hydrogen) atoms. The highest BCUT2D eigenvalue weighted by atomic mass is 32.1. The second-order valence-corrected chi connectivity index (χ2v) is 10.8. The minimum Gasteiger partial charge on any atom is -0.496 e. The highest BCUT2D eigenvalue weighted by Crippen LogP contribution is 2.43. The van der Waals surface area contributed by atoms with Crippen LogP contribution in [0.1, 0.15) is 34.7 Å². The molecule has 0 N–H and O–H groups in total. The molecule has 1 aliphatic carbocycles. The Bertz CT molecular complexity index is 1980. The van der Waals surface area contributed by atoms with Crippen LogP contribution in [0, 0.1) is 0 Å². The molecule has 1 atom stereocenters. The molecular weight excluding hydrogens is 504 g/mol. The number of thiazole rings is 1. The van der Waals surface area contributed by atoms with Crippen molar-refractivity contribution in [2.75, 3.05) is 14.2 Å². The number of para-hydroxylation sites is 1. The van der Waals surface area contributed by atoms with Crippen LogP contribution in [0.25, 0.3) is 22.5 Å². The fourth-order valence-electron chi connectivity index (χ4n) is 5.92. The number of allylic oxidation sites excluding steroid dienone is 1. The van der Waals surface area contributed by atoms with Crippen LogP contribution in [0.5, 0.6) is 11.5 Å². The molecule has 0 fully saturated rings. The molecule has 4 aromatic carbocycles. The summed E-state index contributed by atoms with van der Waals surface area (Å²) in [6.07, 6.45) is 3.70. The maximum absolute atomic E-state index is 14.2. The minimum absolute atomic E-state index is 0.0601. The van der Waals surface area contributed by atoms with Gasteiger partial charge in [0.25, 0.3) is 5.56 Å². The number of hydrogen-bond donors (Lipinski definition) is 0. The van der Waals surface area contributed by atoms with E-state index in [0.29, 0.717) is 9.33 Å². The van der Waals surface area contributed by atoms with Crippen molar-refractivity contribution in [3.8, 4) is 11.5 Å². The van der Waals surface area contributed by atoms with Gasteiger partial charge in [0.1, 0.15) is 11.5 Å². The average molecular weight is 531 g/mol. The number of ether oxygens (including phenoxy) is 2. The van der Waals surface area contributed by atoms with E-state index in [1.807, 2.05) is 53.1 Å². The Hall–Kier alpha value is -4.42. The van der Waals surface area contributed by atoms with Crippen molar-refractivity contribution in [2.24, 2.45) is 4.99 Å². The first-order valence-electron chi connectivity index (χ1n) is 13.0. The Morgan fingerprint density at radius 1 is 0.872 bits per heavy atom. The largest absolute Gasteiger partial charge is 0.496 e. The fourth-order valence-corrected chi connectivity index (χ4v) is 6.91. The first kappa shape index (κ1) is 23.7. The molecule has 1 aliphatic heterocycles. The molecule has 192 valence electrons. The van der Waals surface area contributed by atoms with Crippen molar-refractivity contribution in [1.29, 1.82) is 0 Å². The predicted octanol–water partition coefficient (Wildman–Crippen LogP) is 5.49. The Balaban J connectivity index is 1.54. The van der Waals surface area contributed by atoms with Gasteiger partial charge in [0.05, 0.1) is 30.5 Å². The average Bonchev–Trinajstić information content (AvgIpc) is 3.30. The zero-order valence-electron chi connectivity index (χ0n) is 21.7. The van der Waals surface area contributed by atoms with E-state index in [-0.39, 0.29) is 11.6 Å². The summed E-state index contributed by atoms with van der Waals surface area (Å²) < 4.78 is 14.0. The van der Waals surface area contributed by atoms with E-state index < -0.39 is 0 Å². The van der Waals surface area contributed by atoms with Gasteiger partial charge in [0, 0.05) is 16.7 Å². The summed E-state index contributed by atoms with van der Waals surface area (Å²) in [6.45, 7) is 0. The second-order valence-electron chi connectivity index (χ2n) is 9.76. The lowest BCUT2D eigenvalue weighted by atomic mass is 9.83. The first-order valence-corrected chi connectivity index (χ1v) is 13.8. The third-order valence-electron chi connectivity index (χ3n) is 7.73. The third-order valence-corrected chi connectivity index (χ3v) is 8.72. The number of methoxy groups -OCH3 is 2. The summed E-state index contributed by atoms with van der Waals surface area (Å²) in [5.74, 6) is 1.49. The highest BCUT2D eigenvalue weighted by Gasteiger charge is 2.34. The van der Waals surface area contributed by atoms with E-state index in [1.54, 1.807) is 14.2 Å². The lowest BCUT2D eigenvalue weighted by Gasteiger charge is -2.31. The van der Waals surface area contributed by atoms with Crippen LogP contribution in [-0.4, -0.2) is 18.8 Å². The Kier molecular flexibility index (Phi) is 5.71. The SMILES string of the molecule is COc1ccccc1[C@@H]1C2=C(N=c3s/c(=C\c4c(OC)ccc5ccccc45)c(=O)n31)c1ccccc1CC2. The second kappa shape index (κ2) is 9.40. The van der Waals surface area contributed by atoms with Gasteiger partial charge < -0.3 is 9.47 Å². The fraction of sp³-hybridized carbons (Fsp3) is 0.152. The Morgan fingerprint density at radius 2 is 1.64 bits per heavy atom. The molecule has 0 saturated carbocycles. The van der Waals surface area contributed by atoms with Gasteiger partial charge in [-0.25, -0.2) is 4.99 Å². The molecule has 0 bridgehead atoms. The van der Waals surface area contributed by atoms with Crippen LogP contribution < -0.4 is 24.4 Å². The Labute approximate surface area is 229 Å². The van der Waals surface area contributed by atoms with Crippen molar-refractivity contribution >= 4 is 33.9 Å². The van der Waals surface area contributed by atoms with Gasteiger partial charge in [-0.2, -0.15) is 0 Å². The smallest absolute Gasteiger partial charge is 0.271 e. The summed E-state index contributed by atoms with van der Waals surface area (Å²) >= 11 is 1.42. The van der Waals surface area contributed by atoms with Crippen molar-refractivity contribution in [3.63, 3.8) is 0 Å². The van der Waals surface area contributed by atoms with Gasteiger partial charge in [-0.1, -0.05) is 84.1 Å². The number of hydrogen-bond acceptors (Lipinski definition) is 5. The number of fused-ring (bicyclic) bond motifs is 4. The standard InChI is InChI=1S/C33H26N2O3S/c1-37-27-14-8-7-13-24(27)31-25-17-15-21-10-4-6-12-23(21)30(25)34-33-35(31)32(36)29(39-33)19-26-22-11-5-3-9-20(22)16-18-28(26)38-2/h3-14,16,18-19,31H,15,17H2,1-2H3/b29-19-/t31-/m1/s1. The lowest BCUT2D eigenvalue weighted by Crippen LogP contribution is -2.39. The van der Waals surface area contributed by atoms with Gasteiger partial charge in [-0.15, -0.1) is 0 Å². The van der Waals surface area contributed by atoms with Crippen molar-refractivity contribution < 1.29 is 9.47 Å². The summed E-state index contributed by atoms with van der Waals surface area (Å²) in [7, 11) is 3.34. The van der Waals surface area contributed by atoms with Gasteiger partial charge in [-0.3, -0.25) is 9.36 Å². The summed E-state index contributed by atoms with van der Waals surface area (Å²) in [4.78, 5) is 20.1. The molecule has 0 unspecified atom stereocenters. The molecule has 2 aliphatic rings. The molecule has 5 aromatic rings. The van der Waals surface area contributed by atoms with Gasteiger partial charge in [0.2, 0.25) is 0 Å². The highest BCUT2D eigenvalue weighted by molar-refractivity contribution is 7.07. The van der Waals surface area contributed by atoms with Crippen LogP contribution in [-0.2, 0) is 6.42 Å². The van der Waals surface area contributed by atoms with E-state index >= 15 is 0 Å². The van der Waals surface area contributed by atoms with Crippen LogP contribution in [0.15, 0.2) is 100 Å². The number of aromatic nitrogens is 1. The molecule has 0 amide bonds. The van der Waals surface area contributed by atoms with Crippen LogP contribution in [0.2, 0.25) is 0 Å². The van der Waals surface area contributed by atoms with Gasteiger partial charge in [-0.05, 0) is 53.0 Å². The molecule has 2 heterocycles. The maximum atomic E-state index is 14.2. The van der Waals surface area contributed by atoms with Crippen molar-refractivity contribution in [2.45, 2.75) is 18.9 Å². The molecular formula is C33H26N2O3S. The molecule has 1 aromatic heterocycles. The zero-order chi connectivity index (χ0) is 26.5. The van der Waals surface area contributed by atoms with E-state index in [1.165, 1.54) is 16.9 Å². The maximum Gasteiger partial charge on any atom is 0.271 e. The molecule has 5 nitrogen and oxygen atoms in total. The monoisotopic (exact) mass is 530 g/mol. The van der Waals surface area contributed by atoms with Crippen LogP contribution >= 0.6 is 11.3 Å². The minimum atomic E-state index is -0.294. The Morgan fingerprint density at radius 3 is 2.51 bits per heavy atom. The van der Waals surface area contributed by atoms with E-state index in [0.717, 1.165) is 63.1 Å². The van der Waals surface area contributed by atoms with E-state index in [4.69, 9.17) is 14.5 Å². The molecule has 0 spiro atoms. The summed E-state index contributed by atoms with van der Waals surface area (Å²) in [5.41, 5.74) is 6.37. The summed E-state index contributed by atoms with van der Waals surface area (Å²) in [6, 6.07) is 28.3. The molecule has 0 saturated heterocycles. The predicted molar refractivity (Wildman–Crippen MR) is 156 cm³/mol. The van der Waals surface area contributed by atoms with E-state index in [9.17, 15) is 4.79 Å². The number of aryl methyl sites for hydroxylation is 1. The quantitative estimate of drug-likeness (QED) is 0.309. The van der Waals surface area contributed by atoms with Gasteiger partial charge in [0.15, 0.2) is 4.80 Å². The third kappa shape index (κ3) is 3.74. The topological polar surface area (TPSA) is 52.8 Å². The van der Waals surface area contributed by atoms with Crippen molar-refractivity contribution in [1.82, 2.24) is 4.57 Å². The van der Waals surface area contributed by atoms with Crippen LogP contribution in [0.3, 0.4) is 0 Å². The number of nitrogens with zero attached hydrogens (tertiary/aromatic N) is 2. The molecule has 6 heteroatoms. The molecule has 7 rings (SSSR count). The van der Waals surface area contributed by atoms with E-state index in [2.05, 4.69) is 42.5 Å². The normalized spacial score (nSPS) is 16.4. The zero-order valence-corrected chi connectivity index (χ0v) is 22.5. The molecule has 0 radical (unpaired) electrons. The van der Waals surface area contributed by atoms with Gasteiger partial charge >= 0.3 is 0 Å². The van der Waals surface area contributed by atoms with Crippen LogP contribution in [0.4, 0.5) is 0 Å². The lowest BCUT2D eigenvalue weighted by molar-refractivity contribution is 0.402.